The Balaban J connectivity index is 2.55. The molecule has 17 heavy (non-hydrogen) atoms. The Bertz CT molecular complexity index is 338. The van der Waals surface area contributed by atoms with E-state index < -0.39 is 0 Å². The Morgan fingerprint density at radius 3 is 2.76 bits per heavy atom. The largest absolute Gasteiger partial charge is 0.492 e. The molecule has 0 saturated carbocycles. The highest BCUT2D eigenvalue weighted by molar-refractivity contribution is 6.30. The van der Waals surface area contributed by atoms with Crippen molar-refractivity contribution in [3.05, 3.63) is 28.8 Å². The molecule has 0 bridgehead atoms. The Labute approximate surface area is 108 Å². The molecule has 1 atom stereocenters. The van der Waals surface area contributed by atoms with Crippen molar-refractivity contribution in [3.8, 4) is 5.75 Å². The minimum absolute atomic E-state index is 0.198. The van der Waals surface area contributed by atoms with Gasteiger partial charge in [-0.2, -0.15) is 0 Å². The first-order valence-corrected chi connectivity index (χ1v) is 6.16. The number of ether oxygens (including phenoxy) is 2. The number of hydrogen-bond acceptors (Lipinski definition) is 3. The van der Waals surface area contributed by atoms with Crippen molar-refractivity contribution in [2.75, 3.05) is 26.9 Å². The van der Waals surface area contributed by atoms with Crippen molar-refractivity contribution < 1.29 is 9.47 Å². The fourth-order valence-electron chi connectivity index (χ4n) is 1.58. The van der Waals surface area contributed by atoms with Crippen molar-refractivity contribution in [2.24, 2.45) is 0 Å². The predicted octanol–water partition coefficient (Wildman–Crippen LogP) is 2.65. The minimum Gasteiger partial charge on any atom is -0.492 e. The first-order valence-electron chi connectivity index (χ1n) is 5.78. The maximum atomic E-state index is 5.93. The van der Waals surface area contributed by atoms with Crippen LogP contribution in [0.1, 0.15) is 12.5 Å². The zero-order chi connectivity index (χ0) is 12.7. The van der Waals surface area contributed by atoms with Crippen LogP contribution in [0.2, 0.25) is 5.02 Å². The van der Waals surface area contributed by atoms with Gasteiger partial charge in [0, 0.05) is 12.1 Å². The fourth-order valence-corrected chi connectivity index (χ4v) is 1.74. The summed E-state index contributed by atoms with van der Waals surface area (Å²) in [6.07, 6.45) is 0. The van der Waals surface area contributed by atoms with Gasteiger partial charge in [0.05, 0.1) is 12.6 Å². The lowest BCUT2D eigenvalue weighted by molar-refractivity contribution is 0.137. The van der Waals surface area contributed by atoms with Crippen LogP contribution in [0, 0.1) is 6.92 Å². The van der Waals surface area contributed by atoms with Crippen molar-refractivity contribution in [1.29, 1.82) is 0 Å². The number of rotatable bonds is 7. The third-order valence-electron chi connectivity index (χ3n) is 2.45. The van der Waals surface area contributed by atoms with Crippen LogP contribution < -0.4 is 10.1 Å². The second-order valence-electron chi connectivity index (χ2n) is 3.93. The Hall–Kier alpha value is -0.770. The molecule has 0 aliphatic rings. The van der Waals surface area contributed by atoms with Gasteiger partial charge in [0.15, 0.2) is 0 Å². The highest BCUT2D eigenvalue weighted by Gasteiger charge is 2.09. The standard InChI is InChI=1S/C13H20ClNO2/c1-4-15-12(8-16-3)9-17-13-7-11(14)6-5-10(13)2/h5-7,12,15H,4,8-9H2,1-3H3. The molecule has 0 radical (unpaired) electrons. The van der Waals surface area contributed by atoms with Gasteiger partial charge in [0.25, 0.3) is 0 Å². The van der Waals surface area contributed by atoms with Gasteiger partial charge in [-0.25, -0.2) is 0 Å². The van der Waals surface area contributed by atoms with E-state index in [2.05, 4.69) is 12.2 Å². The lowest BCUT2D eigenvalue weighted by Crippen LogP contribution is -2.38. The van der Waals surface area contributed by atoms with Crippen molar-refractivity contribution >= 4 is 11.6 Å². The molecule has 0 fully saturated rings. The van der Waals surface area contributed by atoms with Crippen LogP contribution in [-0.4, -0.2) is 32.9 Å². The topological polar surface area (TPSA) is 30.5 Å². The Kier molecular flexibility index (Phi) is 6.34. The average molecular weight is 258 g/mol. The van der Waals surface area contributed by atoms with Crippen LogP contribution in [0.4, 0.5) is 0 Å². The molecule has 1 aromatic rings. The van der Waals surface area contributed by atoms with Crippen molar-refractivity contribution in [1.82, 2.24) is 5.32 Å². The van der Waals surface area contributed by atoms with Crippen LogP contribution in [0.3, 0.4) is 0 Å². The number of nitrogens with one attached hydrogen (secondary N) is 1. The summed E-state index contributed by atoms with van der Waals surface area (Å²) in [5.41, 5.74) is 1.09. The minimum atomic E-state index is 0.198. The van der Waals surface area contributed by atoms with E-state index in [1.54, 1.807) is 7.11 Å². The van der Waals surface area contributed by atoms with Crippen LogP contribution >= 0.6 is 11.6 Å². The molecule has 0 aliphatic carbocycles. The smallest absolute Gasteiger partial charge is 0.123 e. The molecule has 0 aromatic heterocycles. The van der Waals surface area contributed by atoms with Gasteiger partial charge in [0.2, 0.25) is 0 Å². The van der Waals surface area contributed by atoms with E-state index in [0.717, 1.165) is 17.9 Å². The van der Waals surface area contributed by atoms with Gasteiger partial charge in [0.1, 0.15) is 12.4 Å². The summed E-state index contributed by atoms with van der Waals surface area (Å²) in [5.74, 6) is 0.830. The van der Waals surface area contributed by atoms with Crippen LogP contribution in [0.25, 0.3) is 0 Å². The number of halogens is 1. The van der Waals surface area contributed by atoms with E-state index in [0.29, 0.717) is 18.2 Å². The third kappa shape index (κ3) is 4.94. The molecule has 0 heterocycles. The molecule has 3 nitrogen and oxygen atoms in total. The summed E-state index contributed by atoms with van der Waals surface area (Å²) in [5, 5.41) is 4.00. The number of hydrogen-bond donors (Lipinski definition) is 1. The zero-order valence-corrected chi connectivity index (χ0v) is 11.4. The highest BCUT2D eigenvalue weighted by Crippen LogP contribution is 2.22. The lowest BCUT2D eigenvalue weighted by atomic mass is 10.2. The summed E-state index contributed by atoms with van der Waals surface area (Å²) in [6, 6.07) is 5.85. The molecular weight excluding hydrogens is 238 g/mol. The van der Waals surface area contributed by atoms with Crippen molar-refractivity contribution in [2.45, 2.75) is 19.9 Å². The summed E-state index contributed by atoms with van der Waals surface area (Å²) in [7, 11) is 1.69. The maximum absolute atomic E-state index is 5.93. The third-order valence-corrected chi connectivity index (χ3v) is 2.69. The summed E-state index contributed by atoms with van der Waals surface area (Å²) in [4.78, 5) is 0. The highest BCUT2D eigenvalue weighted by atomic mass is 35.5. The van der Waals surface area contributed by atoms with Gasteiger partial charge < -0.3 is 14.8 Å². The summed E-state index contributed by atoms with van der Waals surface area (Å²) in [6.45, 7) is 6.17. The molecule has 4 heteroatoms. The second-order valence-corrected chi connectivity index (χ2v) is 4.37. The summed E-state index contributed by atoms with van der Waals surface area (Å²) >= 11 is 5.93. The predicted molar refractivity (Wildman–Crippen MR) is 71.0 cm³/mol. The van der Waals surface area contributed by atoms with Crippen LogP contribution in [0.5, 0.6) is 5.75 Å². The van der Waals surface area contributed by atoms with Crippen LogP contribution in [-0.2, 0) is 4.74 Å². The van der Waals surface area contributed by atoms with E-state index >= 15 is 0 Å². The molecule has 1 aromatic carbocycles. The molecule has 1 rings (SSSR count). The van der Waals surface area contributed by atoms with Gasteiger partial charge >= 0.3 is 0 Å². The van der Waals surface area contributed by atoms with E-state index in [-0.39, 0.29) is 6.04 Å². The van der Waals surface area contributed by atoms with Crippen molar-refractivity contribution in [3.63, 3.8) is 0 Å². The molecular formula is C13H20ClNO2. The van der Waals surface area contributed by atoms with Gasteiger partial charge in [-0.05, 0) is 31.2 Å². The molecule has 0 spiro atoms. The van der Waals surface area contributed by atoms with E-state index in [1.165, 1.54) is 0 Å². The van der Waals surface area contributed by atoms with E-state index in [1.807, 2.05) is 25.1 Å². The van der Waals surface area contributed by atoms with Crippen LogP contribution in [0.15, 0.2) is 18.2 Å². The van der Waals surface area contributed by atoms with Gasteiger partial charge in [-0.15, -0.1) is 0 Å². The maximum Gasteiger partial charge on any atom is 0.123 e. The SMILES string of the molecule is CCNC(COC)COc1cc(Cl)ccc1C. The monoisotopic (exact) mass is 257 g/mol. The number of benzene rings is 1. The quantitative estimate of drug-likeness (QED) is 0.815. The molecule has 0 amide bonds. The Morgan fingerprint density at radius 2 is 2.12 bits per heavy atom. The van der Waals surface area contributed by atoms with E-state index in [4.69, 9.17) is 21.1 Å². The molecule has 0 saturated heterocycles. The lowest BCUT2D eigenvalue weighted by Gasteiger charge is -2.18. The fraction of sp³-hybridized carbons (Fsp3) is 0.538. The molecule has 96 valence electrons. The summed E-state index contributed by atoms with van der Waals surface area (Å²) < 4.78 is 10.9. The van der Waals surface area contributed by atoms with Gasteiger partial charge in [-0.3, -0.25) is 0 Å². The Morgan fingerprint density at radius 1 is 1.35 bits per heavy atom. The number of likely N-dealkylation sites (N-methyl/N-ethyl adjacent to an activating group) is 1. The normalized spacial score (nSPS) is 12.5. The first kappa shape index (κ1) is 14.3. The van der Waals surface area contributed by atoms with E-state index in [9.17, 15) is 0 Å². The van der Waals surface area contributed by atoms with Gasteiger partial charge in [-0.1, -0.05) is 24.6 Å². The number of aryl methyl sites for hydroxylation is 1. The molecule has 1 N–H and O–H groups in total. The zero-order valence-electron chi connectivity index (χ0n) is 10.6. The average Bonchev–Trinajstić information content (AvgIpc) is 2.30. The first-order chi connectivity index (χ1) is 8.17. The second kappa shape index (κ2) is 7.54. The number of methoxy groups -OCH3 is 1. The molecule has 0 aliphatic heterocycles. The molecule has 1 unspecified atom stereocenters.